The zero-order chi connectivity index (χ0) is 10.8. The number of carbonyl (C=O) groups is 1. The lowest BCUT2D eigenvalue weighted by molar-refractivity contribution is -0.118. The van der Waals surface area contributed by atoms with Crippen LogP contribution in [0.1, 0.15) is 11.1 Å². The van der Waals surface area contributed by atoms with Crippen LogP contribution in [-0.2, 0) is 11.3 Å². The van der Waals surface area contributed by atoms with Gasteiger partial charge in [-0.2, -0.15) is 0 Å². The molecule has 0 atom stereocenters. The fourth-order valence-electron chi connectivity index (χ4n) is 1.73. The van der Waals surface area contributed by atoms with Crippen LogP contribution < -0.4 is 11.5 Å². The molecule has 0 saturated heterocycles. The summed E-state index contributed by atoms with van der Waals surface area (Å²) in [5.41, 5.74) is 13.9. The van der Waals surface area contributed by atoms with Crippen LogP contribution in [0.5, 0.6) is 0 Å². The van der Waals surface area contributed by atoms with Crippen LogP contribution in [0.3, 0.4) is 0 Å². The monoisotopic (exact) mass is 239 g/mol. The van der Waals surface area contributed by atoms with E-state index in [1.165, 1.54) is 0 Å². The summed E-state index contributed by atoms with van der Waals surface area (Å²) in [6.45, 7) is 0.921. The zero-order valence-corrected chi connectivity index (χ0v) is 9.54. The largest absolute Gasteiger partial charge is 0.398 e. The van der Waals surface area contributed by atoms with Crippen LogP contribution in [0.25, 0.3) is 6.08 Å². The van der Waals surface area contributed by atoms with Gasteiger partial charge in [0, 0.05) is 24.0 Å². The van der Waals surface area contributed by atoms with Crippen molar-refractivity contribution in [3.8, 4) is 0 Å². The molecule has 5 heteroatoms. The molecule has 1 aromatic rings. The summed E-state index contributed by atoms with van der Waals surface area (Å²) in [5.74, 6) is -0.327. The Labute approximate surface area is 100 Å². The maximum absolute atomic E-state index is 10.8. The van der Waals surface area contributed by atoms with Crippen molar-refractivity contribution in [2.24, 2.45) is 5.73 Å². The molecule has 1 aliphatic rings. The number of amides is 1. The summed E-state index contributed by atoms with van der Waals surface area (Å²) in [7, 11) is 0. The van der Waals surface area contributed by atoms with Gasteiger partial charge in [-0.05, 0) is 17.7 Å². The molecule has 16 heavy (non-hydrogen) atoms. The standard InChI is InChI=1S/C11H13N3O.ClH/c12-10-3-1-2-8-6-14(7-11(13)15)5-4-9(8)10;/h1-5H,6-7,12H2,(H2,13,15);1H. The molecule has 1 aromatic carbocycles. The summed E-state index contributed by atoms with van der Waals surface area (Å²) in [6.07, 6.45) is 3.76. The Morgan fingerprint density at radius 1 is 1.44 bits per heavy atom. The first-order valence-electron chi connectivity index (χ1n) is 4.75. The summed E-state index contributed by atoms with van der Waals surface area (Å²) in [4.78, 5) is 12.6. The van der Waals surface area contributed by atoms with Crippen LogP contribution in [-0.4, -0.2) is 17.4 Å². The molecule has 0 bridgehead atoms. The number of anilines is 1. The first-order chi connectivity index (χ1) is 7.16. The fourth-order valence-corrected chi connectivity index (χ4v) is 1.73. The molecule has 4 N–H and O–H groups in total. The highest BCUT2D eigenvalue weighted by Gasteiger charge is 2.13. The third kappa shape index (κ3) is 2.46. The topological polar surface area (TPSA) is 72.4 Å². The SMILES string of the molecule is Cl.NC(=O)CN1C=Cc2c(N)cccc2C1. The first kappa shape index (κ1) is 12.4. The maximum Gasteiger partial charge on any atom is 0.236 e. The van der Waals surface area contributed by atoms with E-state index < -0.39 is 0 Å². The number of nitrogen functional groups attached to an aromatic ring is 1. The molecule has 0 fully saturated rings. The Hall–Kier alpha value is -1.68. The summed E-state index contributed by atoms with van der Waals surface area (Å²) in [6, 6.07) is 5.78. The van der Waals surface area contributed by atoms with Gasteiger partial charge in [0.15, 0.2) is 0 Å². The molecule has 1 amide bonds. The second-order valence-corrected chi connectivity index (χ2v) is 3.61. The molecular formula is C11H14ClN3O. The minimum atomic E-state index is -0.327. The average molecular weight is 240 g/mol. The van der Waals surface area contributed by atoms with E-state index in [1.807, 2.05) is 35.4 Å². The molecule has 4 nitrogen and oxygen atoms in total. The molecule has 0 spiro atoms. The number of halogens is 1. The van der Waals surface area contributed by atoms with Crippen LogP contribution in [0.4, 0.5) is 5.69 Å². The second-order valence-electron chi connectivity index (χ2n) is 3.61. The number of carbonyl (C=O) groups excluding carboxylic acids is 1. The van der Waals surface area contributed by atoms with Crippen molar-refractivity contribution in [3.05, 3.63) is 35.5 Å². The Morgan fingerprint density at radius 3 is 2.88 bits per heavy atom. The van der Waals surface area contributed by atoms with Crippen molar-refractivity contribution in [1.29, 1.82) is 0 Å². The normalized spacial score (nSPS) is 12.9. The molecule has 0 aromatic heterocycles. The van der Waals surface area contributed by atoms with E-state index in [1.54, 1.807) is 0 Å². The number of fused-ring (bicyclic) bond motifs is 1. The van der Waals surface area contributed by atoms with Gasteiger partial charge in [-0.25, -0.2) is 0 Å². The number of rotatable bonds is 2. The van der Waals surface area contributed by atoms with Gasteiger partial charge in [0.25, 0.3) is 0 Å². The fraction of sp³-hybridized carbons (Fsp3) is 0.182. The third-order valence-electron chi connectivity index (χ3n) is 2.41. The van der Waals surface area contributed by atoms with E-state index in [0.717, 1.165) is 16.8 Å². The minimum Gasteiger partial charge on any atom is -0.398 e. The van der Waals surface area contributed by atoms with Gasteiger partial charge in [-0.3, -0.25) is 4.79 Å². The van der Waals surface area contributed by atoms with Crippen molar-refractivity contribution in [1.82, 2.24) is 4.90 Å². The van der Waals surface area contributed by atoms with Crippen LogP contribution in [0.15, 0.2) is 24.4 Å². The van der Waals surface area contributed by atoms with Crippen molar-refractivity contribution >= 4 is 30.1 Å². The number of nitrogens with zero attached hydrogens (tertiary/aromatic N) is 1. The van der Waals surface area contributed by atoms with Crippen molar-refractivity contribution in [2.75, 3.05) is 12.3 Å². The first-order valence-corrected chi connectivity index (χ1v) is 4.75. The Kier molecular flexibility index (Phi) is 3.79. The van der Waals surface area contributed by atoms with Gasteiger partial charge >= 0.3 is 0 Å². The Morgan fingerprint density at radius 2 is 2.19 bits per heavy atom. The van der Waals surface area contributed by atoms with Crippen LogP contribution >= 0.6 is 12.4 Å². The zero-order valence-electron chi connectivity index (χ0n) is 8.72. The number of hydrogen-bond acceptors (Lipinski definition) is 3. The summed E-state index contributed by atoms with van der Waals surface area (Å²) >= 11 is 0. The summed E-state index contributed by atoms with van der Waals surface area (Å²) in [5, 5.41) is 0. The number of benzene rings is 1. The van der Waals surface area contributed by atoms with Gasteiger partial charge < -0.3 is 16.4 Å². The number of hydrogen-bond donors (Lipinski definition) is 2. The van der Waals surface area contributed by atoms with E-state index >= 15 is 0 Å². The van der Waals surface area contributed by atoms with E-state index in [4.69, 9.17) is 11.5 Å². The molecule has 2 rings (SSSR count). The summed E-state index contributed by atoms with van der Waals surface area (Å²) < 4.78 is 0. The molecule has 0 unspecified atom stereocenters. The predicted octanol–water partition coefficient (Wildman–Crippen LogP) is 0.962. The smallest absolute Gasteiger partial charge is 0.236 e. The third-order valence-corrected chi connectivity index (χ3v) is 2.41. The van der Waals surface area contributed by atoms with Gasteiger partial charge in [0.1, 0.15) is 0 Å². The molecule has 1 aliphatic heterocycles. The van der Waals surface area contributed by atoms with Crippen LogP contribution in [0, 0.1) is 0 Å². The molecule has 1 heterocycles. The van der Waals surface area contributed by atoms with Gasteiger partial charge in [-0.15, -0.1) is 12.4 Å². The number of primary amides is 1. The lowest BCUT2D eigenvalue weighted by atomic mass is 10.0. The second kappa shape index (κ2) is 4.90. The minimum absolute atomic E-state index is 0. The van der Waals surface area contributed by atoms with Crippen LogP contribution in [0.2, 0.25) is 0 Å². The highest BCUT2D eigenvalue weighted by Crippen LogP contribution is 2.24. The van der Waals surface area contributed by atoms with Gasteiger partial charge in [0.2, 0.25) is 5.91 Å². The van der Waals surface area contributed by atoms with E-state index in [0.29, 0.717) is 6.54 Å². The van der Waals surface area contributed by atoms with Crippen molar-refractivity contribution < 1.29 is 4.79 Å². The maximum atomic E-state index is 10.8. The van der Waals surface area contributed by atoms with Gasteiger partial charge in [0.05, 0.1) is 6.54 Å². The molecule has 0 saturated carbocycles. The highest BCUT2D eigenvalue weighted by molar-refractivity contribution is 5.85. The van der Waals surface area contributed by atoms with E-state index in [9.17, 15) is 4.79 Å². The highest BCUT2D eigenvalue weighted by atomic mass is 35.5. The lowest BCUT2D eigenvalue weighted by Gasteiger charge is -2.24. The van der Waals surface area contributed by atoms with E-state index in [-0.39, 0.29) is 24.9 Å². The van der Waals surface area contributed by atoms with Crippen molar-refractivity contribution in [2.45, 2.75) is 6.54 Å². The van der Waals surface area contributed by atoms with E-state index in [2.05, 4.69) is 0 Å². The predicted molar refractivity (Wildman–Crippen MR) is 66.7 cm³/mol. The van der Waals surface area contributed by atoms with Crippen molar-refractivity contribution in [3.63, 3.8) is 0 Å². The molecule has 0 radical (unpaired) electrons. The Bertz CT molecular complexity index is 431. The lowest BCUT2D eigenvalue weighted by Crippen LogP contribution is -2.31. The molecule has 0 aliphatic carbocycles. The quantitative estimate of drug-likeness (QED) is 0.756. The number of nitrogens with two attached hydrogens (primary N) is 2. The molecule has 86 valence electrons. The van der Waals surface area contributed by atoms with Gasteiger partial charge in [-0.1, -0.05) is 12.1 Å². The molecular weight excluding hydrogens is 226 g/mol. The Balaban J connectivity index is 0.00000128. The average Bonchev–Trinajstić information content (AvgIpc) is 2.17.